The Kier molecular flexibility index (Phi) is 5.15. The summed E-state index contributed by atoms with van der Waals surface area (Å²) < 4.78 is 0. The second-order valence-corrected chi connectivity index (χ2v) is 7.50. The van der Waals surface area contributed by atoms with Crippen LogP contribution in [0.4, 0.5) is 16.5 Å². The molecule has 10 heteroatoms. The van der Waals surface area contributed by atoms with Gasteiger partial charge in [0.1, 0.15) is 0 Å². The highest BCUT2D eigenvalue weighted by atomic mass is 32.1. The summed E-state index contributed by atoms with van der Waals surface area (Å²) in [5, 5.41) is 26.8. The number of hydrogen-bond donors (Lipinski definition) is 0. The van der Waals surface area contributed by atoms with Gasteiger partial charge in [0, 0.05) is 23.1 Å². The zero-order valence-corrected chi connectivity index (χ0v) is 16.9. The summed E-state index contributed by atoms with van der Waals surface area (Å²) in [6.07, 6.45) is 0. The molecule has 0 saturated heterocycles. The Morgan fingerprint density at radius 1 is 1.17 bits per heavy atom. The lowest BCUT2D eigenvalue weighted by Gasteiger charge is -2.08. The van der Waals surface area contributed by atoms with Crippen LogP contribution >= 0.6 is 11.3 Å². The highest BCUT2D eigenvalue weighted by Gasteiger charge is 2.36. The van der Waals surface area contributed by atoms with E-state index in [1.54, 1.807) is 13.0 Å². The standard InChI is InChI=1S/C20H16N6O3S/c1-12-6-8-14(9-7-12)17-11-30-20(21-17)25-19(27)18(13(2)24-25)23-22-15-4-3-5-16(10-15)26(28)29/h3-11,18H,1-2H3/t18-/m1/s1. The van der Waals surface area contributed by atoms with Gasteiger partial charge in [-0.05, 0) is 19.9 Å². The molecule has 4 rings (SSSR count). The first-order valence-electron chi connectivity index (χ1n) is 8.99. The number of hydrazone groups is 1. The van der Waals surface area contributed by atoms with Gasteiger partial charge in [0.2, 0.25) is 5.13 Å². The SMILES string of the molecule is CC1=NN(c2nc(-c3ccc(C)cc3)cs2)C(=O)[C@@H]1N=Nc1cccc([N+](=O)[O-])c1. The van der Waals surface area contributed by atoms with Gasteiger partial charge in [-0.15, -0.1) is 11.3 Å². The van der Waals surface area contributed by atoms with Gasteiger partial charge in [0.25, 0.3) is 11.6 Å². The minimum atomic E-state index is -0.893. The fraction of sp³-hybridized carbons (Fsp3) is 0.150. The molecular formula is C20H16N6O3S. The fourth-order valence-corrected chi connectivity index (χ4v) is 3.63. The first-order chi connectivity index (χ1) is 14.4. The lowest BCUT2D eigenvalue weighted by molar-refractivity contribution is -0.384. The molecule has 1 aliphatic heterocycles. The van der Waals surface area contributed by atoms with Crippen LogP contribution in [0.25, 0.3) is 11.3 Å². The third kappa shape index (κ3) is 3.85. The quantitative estimate of drug-likeness (QED) is 0.332. The topological polar surface area (TPSA) is 113 Å². The number of non-ortho nitro benzene ring substituents is 1. The molecule has 150 valence electrons. The van der Waals surface area contributed by atoms with Crippen molar-refractivity contribution in [2.75, 3.05) is 5.01 Å². The number of nitrogens with zero attached hydrogens (tertiary/aromatic N) is 6. The van der Waals surface area contributed by atoms with Gasteiger partial charge in [-0.3, -0.25) is 14.9 Å². The van der Waals surface area contributed by atoms with Gasteiger partial charge in [-0.2, -0.15) is 20.3 Å². The van der Waals surface area contributed by atoms with Crippen LogP contribution < -0.4 is 5.01 Å². The molecule has 0 unspecified atom stereocenters. The highest BCUT2D eigenvalue weighted by molar-refractivity contribution is 7.14. The van der Waals surface area contributed by atoms with Crippen LogP contribution in [-0.2, 0) is 4.79 Å². The minimum absolute atomic E-state index is 0.0948. The molecule has 2 heterocycles. The Bertz CT molecular complexity index is 1190. The van der Waals surface area contributed by atoms with E-state index >= 15 is 0 Å². The number of hydrogen-bond acceptors (Lipinski definition) is 8. The number of anilines is 1. The van der Waals surface area contributed by atoms with Crippen LogP contribution in [0, 0.1) is 17.0 Å². The van der Waals surface area contributed by atoms with E-state index in [2.05, 4.69) is 20.3 Å². The molecule has 0 aliphatic carbocycles. The smallest absolute Gasteiger partial charge is 0.269 e. The van der Waals surface area contributed by atoms with E-state index in [9.17, 15) is 14.9 Å². The summed E-state index contributed by atoms with van der Waals surface area (Å²) in [5.74, 6) is -0.369. The van der Waals surface area contributed by atoms with Crippen molar-refractivity contribution in [3.05, 3.63) is 69.6 Å². The van der Waals surface area contributed by atoms with Crippen LogP contribution in [0.3, 0.4) is 0 Å². The third-order valence-electron chi connectivity index (χ3n) is 4.45. The van der Waals surface area contributed by atoms with Gasteiger partial charge in [-0.1, -0.05) is 35.9 Å². The molecule has 1 aromatic heterocycles. The first kappa shape index (κ1) is 19.5. The van der Waals surface area contributed by atoms with Crippen molar-refractivity contribution in [1.29, 1.82) is 0 Å². The predicted octanol–water partition coefficient (Wildman–Crippen LogP) is 4.90. The van der Waals surface area contributed by atoms with Crippen molar-refractivity contribution in [1.82, 2.24) is 4.98 Å². The molecule has 0 saturated carbocycles. The Morgan fingerprint density at radius 2 is 1.93 bits per heavy atom. The second kappa shape index (κ2) is 7.91. The number of carbonyl (C=O) groups excluding carboxylic acids is 1. The molecule has 0 fully saturated rings. The molecule has 1 atom stereocenters. The summed E-state index contributed by atoms with van der Waals surface area (Å²) in [6.45, 7) is 3.70. The summed E-state index contributed by atoms with van der Waals surface area (Å²) in [5.41, 5.74) is 3.54. The van der Waals surface area contributed by atoms with E-state index < -0.39 is 11.0 Å². The summed E-state index contributed by atoms with van der Waals surface area (Å²) in [4.78, 5) is 27.7. The molecule has 0 bridgehead atoms. The zero-order valence-electron chi connectivity index (χ0n) is 16.1. The summed E-state index contributed by atoms with van der Waals surface area (Å²) >= 11 is 1.31. The molecule has 1 aliphatic rings. The molecule has 2 aromatic carbocycles. The number of aryl methyl sites for hydroxylation is 1. The minimum Gasteiger partial charge on any atom is -0.269 e. The molecular weight excluding hydrogens is 404 g/mol. The Morgan fingerprint density at radius 3 is 2.67 bits per heavy atom. The fourth-order valence-electron chi connectivity index (χ4n) is 2.84. The van der Waals surface area contributed by atoms with Gasteiger partial charge >= 0.3 is 0 Å². The maximum atomic E-state index is 12.8. The van der Waals surface area contributed by atoms with Crippen LogP contribution in [-0.4, -0.2) is 27.6 Å². The van der Waals surface area contributed by atoms with E-state index in [4.69, 9.17) is 0 Å². The zero-order chi connectivity index (χ0) is 21.3. The van der Waals surface area contributed by atoms with Gasteiger partial charge in [-0.25, -0.2) is 4.98 Å². The predicted molar refractivity (Wildman–Crippen MR) is 114 cm³/mol. The van der Waals surface area contributed by atoms with Gasteiger partial charge < -0.3 is 0 Å². The molecule has 0 radical (unpaired) electrons. The number of thiazole rings is 1. The van der Waals surface area contributed by atoms with Crippen LogP contribution in [0.1, 0.15) is 12.5 Å². The lowest BCUT2D eigenvalue weighted by atomic mass is 10.1. The Balaban J connectivity index is 1.53. The van der Waals surface area contributed by atoms with E-state index in [0.29, 0.717) is 16.5 Å². The lowest BCUT2D eigenvalue weighted by Crippen LogP contribution is -2.29. The number of amides is 1. The molecule has 30 heavy (non-hydrogen) atoms. The van der Waals surface area contributed by atoms with Crippen molar-refractivity contribution < 1.29 is 9.72 Å². The Labute approximate surface area is 175 Å². The number of nitro benzene ring substituents is 1. The number of aromatic nitrogens is 1. The maximum absolute atomic E-state index is 12.8. The van der Waals surface area contributed by atoms with Crippen LogP contribution in [0.15, 0.2) is 69.2 Å². The molecule has 1 amide bonds. The van der Waals surface area contributed by atoms with E-state index in [1.165, 1.54) is 34.5 Å². The molecule has 9 nitrogen and oxygen atoms in total. The van der Waals surface area contributed by atoms with Crippen molar-refractivity contribution in [3.8, 4) is 11.3 Å². The van der Waals surface area contributed by atoms with E-state index in [0.717, 1.165) is 16.8 Å². The largest absolute Gasteiger partial charge is 0.282 e. The second-order valence-electron chi connectivity index (χ2n) is 6.67. The average molecular weight is 420 g/mol. The molecule has 0 spiro atoms. The van der Waals surface area contributed by atoms with Crippen molar-refractivity contribution >= 4 is 39.5 Å². The maximum Gasteiger partial charge on any atom is 0.282 e. The number of azo groups is 1. The number of rotatable bonds is 5. The summed E-state index contributed by atoms with van der Waals surface area (Å²) in [7, 11) is 0. The number of nitro groups is 1. The monoisotopic (exact) mass is 420 g/mol. The number of benzene rings is 2. The van der Waals surface area contributed by atoms with Gasteiger partial charge in [0.05, 0.1) is 22.0 Å². The first-order valence-corrected chi connectivity index (χ1v) is 9.87. The highest BCUT2D eigenvalue weighted by Crippen LogP contribution is 2.31. The van der Waals surface area contributed by atoms with E-state index in [1.807, 2.05) is 36.6 Å². The number of carbonyl (C=O) groups is 1. The van der Waals surface area contributed by atoms with Crippen molar-refractivity contribution in [2.45, 2.75) is 19.9 Å². The van der Waals surface area contributed by atoms with Crippen LogP contribution in [0.5, 0.6) is 0 Å². The summed E-state index contributed by atoms with van der Waals surface area (Å²) in [6, 6.07) is 12.8. The van der Waals surface area contributed by atoms with Crippen molar-refractivity contribution in [2.24, 2.45) is 15.3 Å². The van der Waals surface area contributed by atoms with Gasteiger partial charge in [0.15, 0.2) is 6.04 Å². The average Bonchev–Trinajstić information content (AvgIpc) is 3.32. The van der Waals surface area contributed by atoms with E-state index in [-0.39, 0.29) is 11.6 Å². The molecule has 3 aromatic rings. The molecule has 0 N–H and O–H groups in total. The third-order valence-corrected chi connectivity index (χ3v) is 5.26. The van der Waals surface area contributed by atoms with Crippen molar-refractivity contribution in [3.63, 3.8) is 0 Å². The van der Waals surface area contributed by atoms with Crippen LogP contribution in [0.2, 0.25) is 0 Å². The normalized spacial score (nSPS) is 16.3. The Hall–Kier alpha value is -3.79.